The quantitative estimate of drug-likeness (QED) is 0.808. The Kier molecular flexibility index (Phi) is 4.72. The molecule has 0 spiro atoms. The summed E-state index contributed by atoms with van der Waals surface area (Å²) in [5.41, 5.74) is -0.688. The van der Waals surface area contributed by atoms with E-state index < -0.39 is 11.4 Å². The molecule has 0 unspecified atom stereocenters. The molecule has 1 aromatic rings. The number of hydrogen-bond donors (Lipinski definition) is 2. The highest BCUT2D eigenvalue weighted by Gasteiger charge is 2.40. The monoisotopic (exact) mass is 342 g/mol. The molecular weight excluding hydrogens is 328 g/mol. The van der Waals surface area contributed by atoms with Gasteiger partial charge < -0.3 is 15.2 Å². The Morgan fingerprint density at radius 3 is 2.70 bits per heavy atom. The molecule has 2 heterocycles. The van der Waals surface area contributed by atoms with Gasteiger partial charge in [0.1, 0.15) is 10.3 Å². The molecule has 0 saturated carbocycles. The van der Waals surface area contributed by atoms with Crippen LogP contribution in [0.25, 0.3) is 0 Å². The van der Waals surface area contributed by atoms with Crippen molar-refractivity contribution in [2.45, 2.75) is 12.8 Å². The summed E-state index contributed by atoms with van der Waals surface area (Å²) in [5, 5.41) is 12.0. The number of pyridine rings is 1. The number of rotatable bonds is 4. The van der Waals surface area contributed by atoms with Crippen LogP contribution in [0.1, 0.15) is 23.3 Å². The normalized spacial score (nSPS) is 17.4. The van der Waals surface area contributed by atoms with Gasteiger partial charge >= 0.3 is 5.97 Å². The number of carbonyl (C=O) groups is 2. The number of hydrogen-bond acceptors (Lipinski definition) is 4. The summed E-state index contributed by atoms with van der Waals surface area (Å²) >= 11 is 3.19. The summed E-state index contributed by atoms with van der Waals surface area (Å²) in [6.45, 7) is 0.882. The van der Waals surface area contributed by atoms with Crippen molar-refractivity contribution in [1.82, 2.24) is 10.3 Å². The van der Waals surface area contributed by atoms with Crippen LogP contribution in [0, 0.1) is 5.41 Å². The van der Waals surface area contributed by atoms with Crippen LogP contribution < -0.4 is 5.32 Å². The third-order valence-electron chi connectivity index (χ3n) is 3.44. The molecule has 20 heavy (non-hydrogen) atoms. The van der Waals surface area contributed by atoms with Gasteiger partial charge in [-0.25, -0.2) is 4.98 Å². The maximum Gasteiger partial charge on any atom is 0.311 e. The fourth-order valence-corrected chi connectivity index (χ4v) is 2.45. The minimum absolute atomic E-state index is 0.0821. The molecule has 1 amide bonds. The van der Waals surface area contributed by atoms with Gasteiger partial charge in [0.15, 0.2) is 0 Å². The number of carbonyl (C=O) groups excluding carboxylic acids is 1. The number of aliphatic carboxylic acids is 1. The van der Waals surface area contributed by atoms with Crippen LogP contribution in [-0.4, -0.2) is 41.7 Å². The van der Waals surface area contributed by atoms with Crippen molar-refractivity contribution >= 4 is 27.8 Å². The number of halogens is 1. The van der Waals surface area contributed by atoms with Crippen LogP contribution in [0.4, 0.5) is 0 Å². The molecule has 0 radical (unpaired) electrons. The van der Waals surface area contributed by atoms with Gasteiger partial charge in [-0.2, -0.15) is 0 Å². The van der Waals surface area contributed by atoms with Gasteiger partial charge in [-0.3, -0.25) is 9.59 Å². The average molecular weight is 343 g/mol. The lowest BCUT2D eigenvalue weighted by Crippen LogP contribution is -2.46. The zero-order chi connectivity index (χ0) is 14.6. The number of nitrogens with one attached hydrogen (secondary N) is 1. The fourth-order valence-electron chi connectivity index (χ4n) is 2.10. The third-order valence-corrected chi connectivity index (χ3v) is 3.88. The first-order valence-electron chi connectivity index (χ1n) is 6.25. The van der Waals surface area contributed by atoms with Crippen LogP contribution in [0.2, 0.25) is 0 Å². The molecule has 1 aromatic heterocycles. The molecule has 6 nitrogen and oxygen atoms in total. The molecule has 7 heteroatoms. The van der Waals surface area contributed by atoms with Crippen molar-refractivity contribution in [2.24, 2.45) is 5.41 Å². The lowest BCUT2D eigenvalue weighted by atomic mass is 9.80. The first-order chi connectivity index (χ1) is 9.53. The van der Waals surface area contributed by atoms with Gasteiger partial charge in [-0.05, 0) is 40.9 Å². The van der Waals surface area contributed by atoms with Crippen LogP contribution in [0.15, 0.2) is 22.8 Å². The van der Waals surface area contributed by atoms with E-state index >= 15 is 0 Å². The second kappa shape index (κ2) is 6.32. The Hall–Kier alpha value is -1.47. The molecule has 108 valence electrons. The molecule has 1 fully saturated rings. The summed E-state index contributed by atoms with van der Waals surface area (Å²) < 4.78 is 5.75. The number of ether oxygens (including phenoxy) is 1. The summed E-state index contributed by atoms with van der Waals surface area (Å²) in [6, 6.07) is 5.00. The van der Waals surface area contributed by atoms with E-state index in [2.05, 4.69) is 26.2 Å². The van der Waals surface area contributed by atoms with Crippen molar-refractivity contribution in [3.05, 3.63) is 28.5 Å². The van der Waals surface area contributed by atoms with E-state index in [4.69, 9.17) is 4.74 Å². The molecular formula is C13H15BrN2O4. The lowest BCUT2D eigenvalue weighted by Gasteiger charge is -2.33. The molecule has 2 rings (SSSR count). The Balaban J connectivity index is 2.02. The number of carboxylic acid groups (broad SMARTS) is 1. The molecule has 0 bridgehead atoms. The van der Waals surface area contributed by atoms with E-state index in [1.165, 1.54) is 0 Å². The summed E-state index contributed by atoms with van der Waals surface area (Å²) in [7, 11) is 0. The maximum absolute atomic E-state index is 12.0. The van der Waals surface area contributed by atoms with E-state index in [0.29, 0.717) is 30.7 Å². The van der Waals surface area contributed by atoms with E-state index in [9.17, 15) is 14.7 Å². The van der Waals surface area contributed by atoms with E-state index in [-0.39, 0.29) is 18.1 Å². The zero-order valence-corrected chi connectivity index (χ0v) is 12.4. The van der Waals surface area contributed by atoms with Crippen LogP contribution in [0.3, 0.4) is 0 Å². The van der Waals surface area contributed by atoms with E-state index in [1.807, 2.05) is 0 Å². The average Bonchev–Trinajstić information content (AvgIpc) is 2.45. The molecule has 0 atom stereocenters. The minimum atomic E-state index is -0.945. The zero-order valence-electron chi connectivity index (χ0n) is 10.8. The Morgan fingerprint density at radius 2 is 2.10 bits per heavy atom. The van der Waals surface area contributed by atoms with Gasteiger partial charge in [-0.15, -0.1) is 0 Å². The van der Waals surface area contributed by atoms with Crippen molar-refractivity contribution in [2.75, 3.05) is 19.8 Å². The second-order valence-corrected chi connectivity index (χ2v) is 5.54. The number of nitrogens with zero attached hydrogens (tertiary/aromatic N) is 1. The highest BCUT2D eigenvalue weighted by molar-refractivity contribution is 9.10. The summed E-state index contributed by atoms with van der Waals surface area (Å²) in [6.07, 6.45) is 0.795. The smallest absolute Gasteiger partial charge is 0.311 e. The number of carboxylic acids is 1. The predicted molar refractivity (Wildman–Crippen MR) is 74.4 cm³/mol. The molecule has 1 aliphatic heterocycles. The molecule has 1 aliphatic rings. The molecule has 1 saturated heterocycles. The highest BCUT2D eigenvalue weighted by atomic mass is 79.9. The molecule has 0 aromatic carbocycles. The Labute approximate surface area is 124 Å². The largest absolute Gasteiger partial charge is 0.481 e. The van der Waals surface area contributed by atoms with Crippen LogP contribution in [0.5, 0.6) is 0 Å². The highest BCUT2D eigenvalue weighted by Crippen LogP contribution is 2.30. The molecule has 0 aliphatic carbocycles. The minimum Gasteiger partial charge on any atom is -0.481 e. The van der Waals surface area contributed by atoms with Crippen molar-refractivity contribution in [3.8, 4) is 0 Å². The van der Waals surface area contributed by atoms with Gasteiger partial charge in [0, 0.05) is 19.8 Å². The number of amides is 1. The first-order valence-corrected chi connectivity index (χ1v) is 7.05. The van der Waals surface area contributed by atoms with Crippen LogP contribution >= 0.6 is 15.9 Å². The van der Waals surface area contributed by atoms with Gasteiger partial charge in [-0.1, -0.05) is 6.07 Å². The predicted octanol–water partition coefficient (Wildman–Crippen LogP) is 1.46. The van der Waals surface area contributed by atoms with Gasteiger partial charge in [0.2, 0.25) is 0 Å². The first kappa shape index (κ1) is 14.9. The maximum atomic E-state index is 12.0. The number of aromatic nitrogens is 1. The second-order valence-electron chi connectivity index (χ2n) is 4.73. The van der Waals surface area contributed by atoms with E-state index in [0.717, 1.165) is 0 Å². The van der Waals surface area contributed by atoms with Crippen molar-refractivity contribution in [1.29, 1.82) is 0 Å². The van der Waals surface area contributed by atoms with Gasteiger partial charge in [0.25, 0.3) is 5.91 Å². The van der Waals surface area contributed by atoms with Crippen molar-refractivity contribution < 1.29 is 19.4 Å². The Morgan fingerprint density at radius 1 is 1.40 bits per heavy atom. The third kappa shape index (κ3) is 3.34. The summed E-state index contributed by atoms with van der Waals surface area (Å²) in [5.74, 6) is -1.28. The fraction of sp³-hybridized carbons (Fsp3) is 0.462. The topological polar surface area (TPSA) is 88.5 Å². The standard InChI is InChI=1S/C13H15BrN2O4/c14-10-3-1-2-9(16-10)11(17)15-8-13(12(18)19)4-6-20-7-5-13/h1-3H,4-8H2,(H,15,17)(H,18,19). The summed E-state index contributed by atoms with van der Waals surface area (Å²) in [4.78, 5) is 27.5. The Bertz CT molecular complexity index is 515. The van der Waals surface area contributed by atoms with Crippen LogP contribution in [-0.2, 0) is 9.53 Å². The lowest BCUT2D eigenvalue weighted by molar-refractivity contribution is -0.154. The van der Waals surface area contributed by atoms with E-state index in [1.54, 1.807) is 18.2 Å². The SMILES string of the molecule is O=C(NCC1(C(=O)O)CCOCC1)c1cccc(Br)n1. The van der Waals surface area contributed by atoms with Crippen molar-refractivity contribution in [3.63, 3.8) is 0 Å². The van der Waals surface area contributed by atoms with Gasteiger partial charge in [0.05, 0.1) is 5.41 Å². The molecule has 2 N–H and O–H groups in total.